The Morgan fingerprint density at radius 2 is 2.10 bits per heavy atom. The minimum Gasteiger partial charge on any atom is -0.508 e. The van der Waals surface area contributed by atoms with E-state index in [0.29, 0.717) is 11.3 Å². The number of furan rings is 1. The van der Waals surface area contributed by atoms with Crippen LogP contribution in [-0.4, -0.2) is 11.0 Å². The smallest absolute Gasteiger partial charge is 0.262 e. The van der Waals surface area contributed by atoms with E-state index in [0.717, 1.165) is 0 Å². The van der Waals surface area contributed by atoms with Crippen LogP contribution >= 0.6 is 0 Å². The molecular formula is C15H12N2O3. The lowest BCUT2D eigenvalue weighted by atomic mass is 10.1. The van der Waals surface area contributed by atoms with Gasteiger partial charge in [-0.15, -0.1) is 0 Å². The summed E-state index contributed by atoms with van der Waals surface area (Å²) in [7, 11) is 0. The summed E-state index contributed by atoms with van der Waals surface area (Å²) in [5.74, 6) is 0.264. The fourth-order valence-corrected chi connectivity index (χ4v) is 1.56. The zero-order chi connectivity index (χ0) is 14.4. The largest absolute Gasteiger partial charge is 0.508 e. The van der Waals surface area contributed by atoms with Crippen molar-refractivity contribution in [3.63, 3.8) is 0 Å². The molecule has 5 heteroatoms. The van der Waals surface area contributed by atoms with Gasteiger partial charge in [-0.05, 0) is 35.9 Å². The number of amides is 1. The number of hydrogen-bond acceptors (Lipinski definition) is 4. The van der Waals surface area contributed by atoms with E-state index in [1.54, 1.807) is 24.3 Å². The van der Waals surface area contributed by atoms with Crippen LogP contribution in [-0.2, 0) is 11.3 Å². The van der Waals surface area contributed by atoms with Gasteiger partial charge in [0, 0.05) is 0 Å². The van der Waals surface area contributed by atoms with Gasteiger partial charge >= 0.3 is 0 Å². The van der Waals surface area contributed by atoms with Gasteiger partial charge in [0.1, 0.15) is 23.2 Å². The molecule has 0 radical (unpaired) electrons. The molecule has 0 bridgehead atoms. The Morgan fingerprint density at radius 3 is 2.70 bits per heavy atom. The van der Waals surface area contributed by atoms with Gasteiger partial charge < -0.3 is 14.8 Å². The van der Waals surface area contributed by atoms with Gasteiger partial charge in [-0.1, -0.05) is 12.1 Å². The van der Waals surface area contributed by atoms with Crippen molar-refractivity contribution in [2.75, 3.05) is 0 Å². The monoisotopic (exact) mass is 268 g/mol. The Balaban J connectivity index is 2.05. The second-order valence-electron chi connectivity index (χ2n) is 4.02. The maximum atomic E-state index is 11.8. The van der Waals surface area contributed by atoms with Gasteiger partial charge in [-0.3, -0.25) is 4.79 Å². The molecule has 100 valence electrons. The van der Waals surface area contributed by atoms with Crippen molar-refractivity contribution in [1.82, 2.24) is 5.32 Å². The maximum Gasteiger partial charge on any atom is 0.262 e. The van der Waals surface area contributed by atoms with Crippen LogP contribution in [0.15, 0.2) is 52.7 Å². The molecule has 0 spiro atoms. The first kappa shape index (κ1) is 13.4. The average molecular weight is 268 g/mol. The molecule has 0 aliphatic heterocycles. The number of phenolic OH excluding ortho intramolecular Hbond substituents is 1. The lowest BCUT2D eigenvalue weighted by Gasteiger charge is -2.02. The van der Waals surface area contributed by atoms with E-state index in [-0.39, 0.29) is 17.9 Å². The van der Waals surface area contributed by atoms with Crippen molar-refractivity contribution >= 4 is 12.0 Å². The summed E-state index contributed by atoms with van der Waals surface area (Å²) in [6, 6.07) is 11.5. The quantitative estimate of drug-likeness (QED) is 0.657. The third-order valence-corrected chi connectivity index (χ3v) is 2.57. The Kier molecular flexibility index (Phi) is 4.20. The SMILES string of the molecule is N#CC(=Cc1ccc(O)cc1)C(=O)NCc1ccco1. The zero-order valence-corrected chi connectivity index (χ0v) is 10.5. The number of rotatable bonds is 4. The third kappa shape index (κ3) is 3.50. The number of phenols is 1. The summed E-state index contributed by atoms with van der Waals surface area (Å²) in [6.07, 6.45) is 2.97. The molecule has 1 amide bonds. The predicted molar refractivity (Wildman–Crippen MR) is 72.3 cm³/mol. The van der Waals surface area contributed by atoms with Gasteiger partial charge in [-0.2, -0.15) is 5.26 Å². The van der Waals surface area contributed by atoms with E-state index in [4.69, 9.17) is 9.68 Å². The number of hydrogen-bond donors (Lipinski definition) is 2. The number of carbonyl (C=O) groups is 1. The molecule has 0 saturated heterocycles. The number of nitrogens with one attached hydrogen (secondary N) is 1. The molecule has 5 nitrogen and oxygen atoms in total. The number of nitrogens with zero attached hydrogens (tertiary/aromatic N) is 1. The third-order valence-electron chi connectivity index (χ3n) is 2.57. The Bertz CT molecular complexity index is 649. The van der Waals surface area contributed by atoms with E-state index in [2.05, 4.69) is 5.32 Å². The molecule has 2 rings (SSSR count). The highest BCUT2D eigenvalue weighted by molar-refractivity contribution is 6.01. The lowest BCUT2D eigenvalue weighted by molar-refractivity contribution is -0.117. The normalized spacial score (nSPS) is 10.8. The van der Waals surface area contributed by atoms with Gasteiger partial charge in [0.05, 0.1) is 12.8 Å². The summed E-state index contributed by atoms with van der Waals surface area (Å²) in [4.78, 5) is 11.8. The fraction of sp³-hybridized carbons (Fsp3) is 0.0667. The molecule has 20 heavy (non-hydrogen) atoms. The molecule has 1 aromatic carbocycles. The Morgan fingerprint density at radius 1 is 1.35 bits per heavy atom. The second kappa shape index (κ2) is 6.25. The molecular weight excluding hydrogens is 256 g/mol. The highest BCUT2D eigenvalue weighted by atomic mass is 16.3. The molecule has 0 aliphatic carbocycles. The molecule has 0 aliphatic rings. The summed E-state index contributed by atoms with van der Waals surface area (Å²) in [5, 5.41) is 20.8. The molecule has 0 saturated carbocycles. The summed E-state index contributed by atoms with van der Waals surface area (Å²) >= 11 is 0. The van der Waals surface area contributed by atoms with Crippen LogP contribution in [0, 0.1) is 11.3 Å². The minimum atomic E-state index is -0.475. The van der Waals surface area contributed by atoms with E-state index >= 15 is 0 Å². The van der Waals surface area contributed by atoms with Gasteiger partial charge in [0.25, 0.3) is 5.91 Å². The van der Waals surface area contributed by atoms with Crippen molar-refractivity contribution in [2.24, 2.45) is 0 Å². The Hall–Kier alpha value is -3.00. The van der Waals surface area contributed by atoms with Crippen molar-refractivity contribution < 1.29 is 14.3 Å². The molecule has 0 fully saturated rings. The van der Waals surface area contributed by atoms with E-state index < -0.39 is 5.91 Å². The van der Waals surface area contributed by atoms with Crippen LogP contribution in [0.4, 0.5) is 0 Å². The molecule has 1 aromatic heterocycles. The zero-order valence-electron chi connectivity index (χ0n) is 10.5. The molecule has 0 unspecified atom stereocenters. The first-order valence-corrected chi connectivity index (χ1v) is 5.90. The molecule has 1 heterocycles. The first-order valence-electron chi connectivity index (χ1n) is 5.90. The van der Waals surface area contributed by atoms with E-state index in [1.807, 2.05) is 6.07 Å². The predicted octanol–water partition coefficient (Wildman–Crippen LogP) is 2.21. The van der Waals surface area contributed by atoms with Crippen LogP contribution < -0.4 is 5.32 Å². The van der Waals surface area contributed by atoms with E-state index in [9.17, 15) is 9.90 Å². The van der Waals surface area contributed by atoms with Gasteiger partial charge in [0.2, 0.25) is 0 Å². The van der Waals surface area contributed by atoms with Crippen LogP contribution in [0.25, 0.3) is 6.08 Å². The maximum absolute atomic E-state index is 11.8. The first-order chi connectivity index (χ1) is 9.69. The highest BCUT2D eigenvalue weighted by Crippen LogP contribution is 2.12. The topological polar surface area (TPSA) is 86.3 Å². The van der Waals surface area contributed by atoms with Gasteiger partial charge in [-0.25, -0.2) is 0 Å². The minimum absolute atomic E-state index is 0.0118. The second-order valence-corrected chi connectivity index (χ2v) is 4.02. The van der Waals surface area contributed by atoms with Crippen molar-refractivity contribution in [3.8, 4) is 11.8 Å². The van der Waals surface area contributed by atoms with Crippen molar-refractivity contribution in [2.45, 2.75) is 6.54 Å². The number of nitriles is 1. The highest BCUT2D eigenvalue weighted by Gasteiger charge is 2.09. The average Bonchev–Trinajstić information content (AvgIpc) is 2.97. The number of aromatic hydroxyl groups is 1. The molecule has 2 aromatic rings. The van der Waals surface area contributed by atoms with Gasteiger partial charge in [0.15, 0.2) is 0 Å². The summed E-state index contributed by atoms with van der Waals surface area (Å²) in [5.41, 5.74) is 0.648. The Labute approximate surface area is 115 Å². The fourth-order valence-electron chi connectivity index (χ4n) is 1.56. The van der Waals surface area contributed by atoms with Crippen LogP contribution in [0.2, 0.25) is 0 Å². The summed E-state index contributed by atoms with van der Waals surface area (Å²) in [6.45, 7) is 0.223. The van der Waals surface area contributed by atoms with Crippen molar-refractivity contribution in [3.05, 3.63) is 59.6 Å². The lowest BCUT2D eigenvalue weighted by Crippen LogP contribution is -2.23. The van der Waals surface area contributed by atoms with Crippen LogP contribution in [0.3, 0.4) is 0 Å². The molecule has 0 atom stereocenters. The molecule has 2 N–H and O–H groups in total. The van der Waals surface area contributed by atoms with E-state index in [1.165, 1.54) is 24.5 Å². The number of benzene rings is 1. The standard InChI is InChI=1S/C15H12N2O3/c16-9-12(8-11-3-5-13(18)6-4-11)15(19)17-10-14-2-1-7-20-14/h1-8,18H,10H2,(H,17,19). The number of carbonyl (C=O) groups excluding carboxylic acids is 1. The van der Waals surface area contributed by atoms with Crippen LogP contribution in [0.1, 0.15) is 11.3 Å². The summed E-state index contributed by atoms with van der Waals surface area (Å²) < 4.78 is 5.08. The van der Waals surface area contributed by atoms with Crippen LogP contribution in [0.5, 0.6) is 5.75 Å². The van der Waals surface area contributed by atoms with Crippen molar-refractivity contribution in [1.29, 1.82) is 5.26 Å².